The van der Waals surface area contributed by atoms with Gasteiger partial charge in [0.25, 0.3) is 0 Å². The molecule has 1 radical (unpaired) electrons. The number of imidazole rings is 1. The third kappa shape index (κ3) is 3.69. The van der Waals surface area contributed by atoms with Crippen molar-refractivity contribution in [1.29, 1.82) is 0 Å². The quantitative estimate of drug-likeness (QED) is 0.341. The molecular formula is C25H18AlN2O2. The molecule has 0 saturated heterocycles. The Bertz CT molecular complexity index is 1270. The minimum atomic E-state index is -0.704. The zero-order valence-corrected chi connectivity index (χ0v) is 17.3. The highest BCUT2D eigenvalue weighted by Gasteiger charge is 2.18. The summed E-state index contributed by atoms with van der Waals surface area (Å²) in [4.78, 5) is 4.94. The predicted molar refractivity (Wildman–Crippen MR) is 120 cm³/mol. The summed E-state index contributed by atoms with van der Waals surface area (Å²) in [5.74, 6) is 2.41. The van der Waals surface area contributed by atoms with E-state index in [2.05, 4.69) is 22.8 Å². The predicted octanol–water partition coefficient (Wildman–Crippen LogP) is 5.68. The van der Waals surface area contributed by atoms with Crippen LogP contribution in [0.2, 0.25) is 0 Å². The van der Waals surface area contributed by atoms with E-state index in [4.69, 9.17) is 12.6 Å². The van der Waals surface area contributed by atoms with E-state index in [0.717, 1.165) is 39.6 Å². The monoisotopic (exact) mass is 405 g/mol. The smallest absolute Gasteiger partial charge is 0.616 e. The van der Waals surface area contributed by atoms with Crippen molar-refractivity contribution in [2.24, 2.45) is 0 Å². The maximum atomic E-state index is 6.09. The summed E-state index contributed by atoms with van der Waals surface area (Å²) in [6.07, 6.45) is 0. The van der Waals surface area contributed by atoms with Gasteiger partial charge in [-0.25, -0.2) is 4.98 Å². The van der Waals surface area contributed by atoms with E-state index in [1.54, 1.807) is 0 Å². The van der Waals surface area contributed by atoms with Gasteiger partial charge in [-0.15, -0.1) is 0 Å². The number of nitrogens with zero attached hydrogens (tertiary/aromatic N) is 2. The average molecular weight is 405 g/mol. The number of para-hydroxylation sites is 5. The van der Waals surface area contributed by atoms with Crippen LogP contribution in [0.15, 0.2) is 109 Å². The molecule has 1 aromatic heterocycles. The average Bonchev–Trinajstić information content (AvgIpc) is 3.20. The summed E-state index contributed by atoms with van der Waals surface area (Å²) < 4.78 is 14.1. The first kappa shape index (κ1) is 18.5. The van der Waals surface area contributed by atoms with Gasteiger partial charge in [-0.05, 0) is 48.5 Å². The van der Waals surface area contributed by atoms with Crippen LogP contribution in [0.4, 0.5) is 0 Å². The molecule has 5 rings (SSSR count). The third-order valence-corrected chi connectivity index (χ3v) is 5.52. The fraction of sp³-hybridized carbons (Fsp3) is 0. The maximum Gasteiger partial charge on any atom is 0.881 e. The van der Waals surface area contributed by atoms with Crippen LogP contribution in [-0.2, 0) is 0 Å². The summed E-state index contributed by atoms with van der Waals surface area (Å²) in [5.41, 5.74) is 3.99. The Balaban J connectivity index is 1.55. The first-order valence-electron chi connectivity index (χ1n) is 9.72. The van der Waals surface area contributed by atoms with E-state index in [9.17, 15) is 0 Å². The van der Waals surface area contributed by atoms with Crippen molar-refractivity contribution >= 4 is 26.9 Å². The lowest BCUT2D eigenvalue weighted by Crippen LogP contribution is -2.11. The molecule has 0 aliphatic carbocycles. The van der Waals surface area contributed by atoms with E-state index in [1.165, 1.54) is 0 Å². The van der Waals surface area contributed by atoms with Crippen LogP contribution >= 0.6 is 0 Å². The van der Waals surface area contributed by atoms with Gasteiger partial charge < -0.3 is 7.58 Å². The van der Waals surface area contributed by atoms with Gasteiger partial charge in [0.2, 0.25) is 0 Å². The number of hydrogen-bond donors (Lipinski definition) is 0. The lowest BCUT2D eigenvalue weighted by atomic mass is 10.2. The number of fused-ring (bicyclic) bond motifs is 1. The second-order valence-electron chi connectivity index (χ2n) is 6.74. The highest BCUT2D eigenvalue weighted by atomic mass is 27.2. The summed E-state index contributed by atoms with van der Waals surface area (Å²) >= 11 is -0.704. The molecule has 30 heavy (non-hydrogen) atoms. The number of benzene rings is 4. The normalized spacial score (nSPS) is 10.7. The van der Waals surface area contributed by atoms with Gasteiger partial charge in [-0.1, -0.05) is 60.7 Å². The summed E-state index contributed by atoms with van der Waals surface area (Å²) in [6, 6.07) is 36.1. The fourth-order valence-electron chi connectivity index (χ4n) is 3.43. The topological polar surface area (TPSA) is 36.3 Å². The highest BCUT2D eigenvalue weighted by Crippen LogP contribution is 2.34. The van der Waals surface area contributed by atoms with E-state index in [-0.39, 0.29) is 0 Å². The van der Waals surface area contributed by atoms with E-state index in [0.29, 0.717) is 0 Å². The summed E-state index contributed by atoms with van der Waals surface area (Å²) in [5, 5.41) is 0. The van der Waals surface area contributed by atoms with E-state index in [1.807, 2.05) is 91.0 Å². The zero-order chi connectivity index (χ0) is 20.2. The van der Waals surface area contributed by atoms with Gasteiger partial charge in [0.15, 0.2) is 0 Å². The number of aromatic nitrogens is 2. The van der Waals surface area contributed by atoms with Gasteiger partial charge in [0.1, 0.15) is 5.82 Å². The number of hydrogen-bond acceptors (Lipinski definition) is 3. The molecule has 0 aliphatic rings. The Morgan fingerprint density at radius 3 is 2.13 bits per heavy atom. The molecule has 0 spiro atoms. The van der Waals surface area contributed by atoms with E-state index < -0.39 is 15.9 Å². The largest absolute Gasteiger partial charge is 0.881 e. The molecule has 0 N–H and O–H groups in total. The first-order valence-corrected chi connectivity index (χ1v) is 10.7. The molecule has 0 fully saturated rings. The Morgan fingerprint density at radius 1 is 0.633 bits per heavy atom. The number of rotatable bonds is 6. The third-order valence-electron chi connectivity index (χ3n) is 4.81. The fourth-order valence-corrected chi connectivity index (χ4v) is 4.06. The molecule has 0 amide bonds. The molecule has 5 aromatic rings. The maximum absolute atomic E-state index is 6.09. The Labute approximate surface area is 181 Å². The minimum absolute atomic E-state index is 0.704. The molecule has 143 valence electrons. The summed E-state index contributed by atoms with van der Waals surface area (Å²) in [7, 11) is 0. The van der Waals surface area contributed by atoms with E-state index >= 15 is 0 Å². The first-order chi connectivity index (χ1) is 14.9. The molecule has 0 bridgehead atoms. The van der Waals surface area contributed by atoms with Crippen LogP contribution in [0, 0.1) is 0 Å². The van der Waals surface area contributed by atoms with Crippen LogP contribution in [0.1, 0.15) is 0 Å². The molecule has 0 saturated carbocycles. The molecule has 0 aliphatic heterocycles. The van der Waals surface area contributed by atoms with Crippen LogP contribution in [-0.4, -0.2) is 25.4 Å². The summed E-state index contributed by atoms with van der Waals surface area (Å²) in [6.45, 7) is 0. The van der Waals surface area contributed by atoms with Crippen molar-refractivity contribution in [2.45, 2.75) is 0 Å². The molecule has 1 heterocycles. The SMILES string of the molecule is c1ccc([O][Al][O]c2ccccc2-c2nc3ccccc3n2-c2ccccc2)cc1. The Morgan fingerprint density at radius 2 is 1.30 bits per heavy atom. The van der Waals surface area contributed by atoms with Crippen molar-refractivity contribution in [3.63, 3.8) is 0 Å². The zero-order valence-electron chi connectivity index (χ0n) is 16.2. The van der Waals surface area contributed by atoms with Gasteiger partial charge in [0.05, 0.1) is 28.1 Å². The molecule has 4 aromatic carbocycles. The minimum Gasteiger partial charge on any atom is -0.616 e. The van der Waals surface area contributed by atoms with Crippen LogP contribution in [0.5, 0.6) is 11.5 Å². The van der Waals surface area contributed by atoms with Crippen molar-refractivity contribution in [3.8, 4) is 28.6 Å². The van der Waals surface area contributed by atoms with Crippen LogP contribution in [0.25, 0.3) is 28.1 Å². The van der Waals surface area contributed by atoms with Gasteiger partial charge in [0, 0.05) is 5.69 Å². The second kappa shape index (κ2) is 8.46. The molecule has 0 unspecified atom stereocenters. The van der Waals surface area contributed by atoms with Crippen LogP contribution < -0.4 is 7.58 Å². The Kier molecular flexibility index (Phi) is 5.22. The van der Waals surface area contributed by atoms with Crippen molar-refractivity contribution in [3.05, 3.63) is 109 Å². The molecule has 4 nitrogen and oxygen atoms in total. The van der Waals surface area contributed by atoms with Gasteiger partial charge in [-0.3, -0.25) is 4.57 Å². The molecule has 5 heteroatoms. The van der Waals surface area contributed by atoms with Crippen molar-refractivity contribution in [2.75, 3.05) is 0 Å². The Hall–Kier alpha value is -3.52. The van der Waals surface area contributed by atoms with Crippen molar-refractivity contribution < 1.29 is 7.58 Å². The molecule has 0 atom stereocenters. The lowest BCUT2D eigenvalue weighted by molar-refractivity contribution is 0.460. The van der Waals surface area contributed by atoms with Gasteiger partial charge in [-0.2, -0.15) is 0 Å². The highest BCUT2D eigenvalue weighted by molar-refractivity contribution is 6.21. The standard InChI is InChI=1S/C19H14N2O.C6H6O.Al/c22-18-13-7-4-10-15(18)19-20-16-11-5-6-12-17(16)21(19)14-8-2-1-3-9-14;7-6-4-2-1-3-5-6;/h1-13,22H;1-5,7H;/q;;+2/p-2. The second-order valence-corrected chi connectivity index (χ2v) is 7.40. The van der Waals surface area contributed by atoms with Gasteiger partial charge >= 0.3 is 15.9 Å². The lowest BCUT2D eigenvalue weighted by Gasteiger charge is -2.14. The van der Waals surface area contributed by atoms with Crippen molar-refractivity contribution in [1.82, 2.24) is 9.55 Å². The van der Waals surface area contributed by atoms with Crippen LogP contribution in [0.3, 0.4) is 0 Å². The molecular weight excluding hydrogens is 387 g/mol.